The van der Waals surface area contributed by atoms with E-state index in [0.717, 1.165) is 19.5 Å². The molecule has 0 spiro atoms. The van der Waals surface area contributed by atoms with Crippen molar-refractivity contribution in [2.24, 2.45) is 11.7 Å². The van der Waals surface area contributed by atoms with Crippen LogP contribution in [-0.2, 0) is 11.2 Å². The molecule has 0 bridgehead atoms. The van der Waals surface area contributed by atoms with Crippen LogP contribution in [-0.4, -0.2) is 43.0 Å². The Bertz CT molecular complexity index is 659. The van der Waals surface area contributed by atoms with Crippen LogP contribution in [0.1, 0.15) is 23.3 Å². The van der Waals surface area contributed by atoms with Gasteiger partial charge in [-0.1, -0.05) is 36.4 Å². The standard InChI is InChI=1S/C20H27N3OS/c1-15(20(24)22-10-9-18-8-5-11-25-18)23-13-17(12-21)19(14-23)16-6-3-2-4-7-16/h2-8,11,15,17,19H,9-10,12-14,21H2,1H3,(H,22,24)/t15?,17-,19+/m1/s1. The molecule has 1 saturated heterocycles. The summed E-state index contributed by atoms with van der Waals surface area (Å²) < 4.78 is 0. The lowest BCUT2D eigenvalue weighted by Crippen LogP contribution is -2.44. The topological polar surface area (TPSA) is 58.4 Å². The molecule has 1 aromatic carbocycles. The zero-order valence-electron chi connectivity index (χ0n) is 14.7. The van der Waals surface area contributed by atoms with Crippen molar-refractivity contribution < 1.29 is 4.79 Å². The highest BCUT2D eigenvalue weighted by atomic mass is 32.1. The molecule has 2 aromatic rings. The van der Waals surface area contributed by atoms with Gasteiger partial charge in [-0.2, -0.15) is 0 Å². The van der Waals surface area contributed by atoms with Crippen molar-refractivity contribution in [2.45, 2.75) is 25.3 Å². The fourth-order valence-corrected chi connectivity index (χ4v) is 4.32. The zero-order valence-corrected chi connectivity index (χ0v) is 15.5. The van der Waals surface area contributed by atoms with Gasteiger partial charge in [0.15, 0.2) is 0 Å². The molecule has 25 heavy (non-hydrogen) atoms. The van der Waals surface area contributed by atoms with Crippen LogP contribution in [0.2, 0.25) is 0 Å². The first-order valence-electron chi connectivity index (χ1n) is 8.98. The molecule has 1 aliphatic rings. The lowest BCUT2D eigenvalue weighted by Gasteiger charge is -2.23. The van der Waals surface area contributed by atoms with Gasteiger partial charge in [-0.3, -0.25) is 9.69 Å². The number of hydrogen-bond donors (Lipinski definition) is 2. The van der Waals surface area contributed by atoms with E-state index < -0.39 is 0 Å². The Morgan fingerprint density at radius 2 is 2.08 bits per heavy atom. The number of likely N-dealkylation sites (tertiary alicyclic amines) is 1. The van der Waals surface area contributed by atoms with Gasteiger partial charge < -0.3 is 11.1 Å². The third-order valence-corrected chi connectivity index (χ3v) is 6.11. The number of thiophene rings is 1. The average Bonchev–Trinajstić information content (AvgIpc) is 3.31. The number of carbonyl (C=O) groups excluding carboxylic acids is 1. The van der Waals surface area contributed by atoms with Gasteiger partial charge in [-0.25, -0.2) is 0 Å². The van der Waals surface area contributed by atoms with E-state index in [4.69, 9.17) is 5.73 Å². The second-order valence-electron chi connectivity index (χ2n) is 6.76. The van der Waals surface area contributed by atoms with E-state index in [1.54, 1.807) is 11.3 Å². The molecule has 2 heterocycles. The number of rotatable bonds is 7. The summed E-state index contributed by atoms with van der Waals surface area (Å²) in [5.74, 6) is 0.928. The Balaban J connectivity index is 1.54. The van der Waals surface area contributed by atoms with Crippen LogP contribution < -0.4 is 11.1 Å². The van der Waals surface area contributed by atoms with E-state index in [1.807, 2.05) is 19.1 Å². The van der Waals surface area contributed by atoms with Crippen molar-refractivity contribution in [3.63, 3.8) is 0 Å². The molecule has 3 atom stereocenters. The van der Waals surface area contributed by atoms with Gasteiger partial charge in [0.2, 0.25) is 5.91 Å². The third kappa shape index (κ3) is 4.48. The molecule has 1 amide bonds. The van der Waals surface area contributed by atoms with Crippen molar-refractivity contribution in [3.05, 3.63) is 58.3 Å². The fourth-order valence-electron chi connectivity index (χ4n) is 3.61. The Hall–Kier alpha value is -1.69. The molecule has 5 heteroatoms. The second-order valence-corrected chi connectivity index (χ2v) is 7.80. The fraction of sp³-hybridized carbons (Fsp3) is 0.450. The summed E-state index contributed by atoms with van der Waals surface area (Å²) in [5, 5.41) is 5.15. The predicted octanol–water partition coefficient (Wildman–Crippen LogP) is 2.47. The molecular weight excluding hydrogens is 330 g/mol. The smallest absolute Gasteiger partial charge is 0.237 e. The summed E-state index contributed by atoms with van der Waals surface area (Å²) in [6.07, 6.45) is 0.897. The summed E-state index contributed by atoms with van der Waals surface area (Å²) in [6.45, 7) is 5.13. The van der Waals surface area contributed by atoms with E-state index in [-0.39, 0.29) is 11.9 Å². The Labute approximate surface area is 154 Å². The van der Waals surface area contributed by atoms with Gasteiger partial charge in [0.05, 0.1) is 6.04 Å². The summed E-state index contributed by atoms with van der Waals surface area (Å²) >= 11 is 1.73. The van der Waals surface area contributed by atoms with Gasteiger partial charge in [-0.05, 0) is 42.8 Å². The molecule has 1 unspecified atom stereocenters. The van der Waals surface area contributed by atoms with E-state index in [2.05, 4.69) is 45.9 Å². The minimum Gasteiger partial charge on any atom is -0.354 e. The molecule has 0 saturated carbocycles. The van der Waals surface area contributed by atoms with Gasteiger partial charge in [0, 0.05) is 30.4 Å². The highest BCUT2D eigenvalue weighted by Gasteiger charge is 2.36. The van der Waals surface area contributed by atoms with E-state index in [0.29, 0.717) is 24.9 Å². The van der Waals surface area contributed by atoms with E-state index >= 15 is 0 Å². The number of nitrogens with zero attached hydrogens (tertiary/aromatic N) is 1. The first-order valence-corrected chi connectivity index (χ1v) is 9.86. The first kappa shape index (κ1) is 18.1. The molecule has 3 N–H and O–H groups in total. The highest BCUT2D eigenvalue weighted by molar-refractivity contribution is 7.09. The predicted molar refractivity (Wildman–Crippen MR) is 104 cm³/mol. The molecule has 134 valence electrons. The van der Waals surface area contributed by atoms with Crippen LogP contribution in [0.4, 0.5) is 0 Å². The van der Waals surface area contributed by atoms with Crippen LogP contribution in [0.5, 0.6) is 0 Å². The van der Waals surface area contributed by atoms with Crippen LogP contribution in [0.25, 0.3) is 0 Å². The van der Waals surface area contributed by atoms with Crippen LogP contribution in [0.3, 0.4) is 0 Å². The van der Waals surface area contributed by atoms with Gasteiger partial charge in [-0.15, -0.1) is 11.3 Å². The number of nitrogens with two attached hydrogens (primary N) is 1. The summed E-state index contributed by atoms with van der Waals surface area (Å²) in [5.41, 5.74) is 7.33. The van der Waals surface area contributed by atoms with Crippen molar-refractivity contribution in [2.75, 3.05) is 26.2 Å². The summed E-state index contributed by atoms with van der Waals surface area (Å²) in [4.78, 5) is 16.1. The summed E-state index contributed by atoms with van der Waals surface area (Å²) in [7, 11) is 0. The monoisotopic (exact) mass is 357 g/mol. The molecule has 3 rings (SSSR count). The maximum Gasteiger partial charge on any atom is 0.237 e. The Morgan fingerprint density at radius 3 is 2.76 bits per heavy atom. The van der Waals surface area contributed by atoms with Gasteiger partial charge in [0.1, 0.15) is 0 Å². The lowest BCUT2D eigenvalue weighted by atomic mass is 9.89. The number of carbonyl (C=O) groups is 1. The summed E-state index contributed by atoms with van der Waals surface area (Å²) in [6, 6.07) is 14.6. The van der Waals surface area contributed by atoms with Crippen molar-refractivity contribution in [1.82, 2.24) is 10.2 Å². The number of benzene rings is 1. The zero-order chi connectivity index (χ0) is 17.6. The van der Waals surface area contributed by atoms with Crippen LogP contribution in [0.15, 0.2) is 47.8 Å². The van der Waals surface area contributed by atoms with Crippen molar-refractivity contribution in [3.8, 4) is 0 Å². The molecule has 4 nitrogen and oxygen atoms in total. The van der Waals surface area contributed by atoms with Gasteiger partial charge in [0.25, 0.3) is 0 Å². The minimum absolute atomic E-state index is 0.112. The lowest BCUT2D eigenvalue weighted by molar-refractivity contribution is -0.125. The molecule has 1 fully saturated rings. The van der Waals surface area contributed by atoms with Crippen LogP contribution in [0, 0.1) is 5.92 Å². The highest BCUT2D eigenvalue weighted by Crippen LogP contribution is 2.33. The molecule has 1 aromatic heterocycles. The van der Waals surface area contributed by atoms with Crippen molar-refractivity contribution in [1.29, 1.82) is 0 Å². The van der Waals surface area contributed by atoms with Gasteiger partial charge >= 0.3 is 0 Å². The number of hydrogen-bond acceptors (Lipinski definition) is 4. The van der Waals surface area contributed by atoms with E-state index in [9.17, 15) is 4.79 Å². The van der Waals surface area contributed by atoms with E-state index in [1.165, 1.54) is 10.4 Å². The average molecular weight is 358 g/mol. The normalized spacial score (nSPS) is 22.0. The SMILES string of the molecule is CC(C(=O)NCCc1cccs1)N1C[C@@H](CN)[C@H](c2ccccc2)C1. The second kappa shape index (κ2) is 8.61. The molecule has 0 radical (unpaired) electrons. The molecule has 0 aliphatic carbocycles. The Morgan fingerprint density at radius 1 is 1.28 bits per heavy atom. The maximum absolute atomic E-state index is 12.5. The molecular formula is C20H27N3OS. The largest absolute Gasteiger partial charge is 0.354 e. The number of nitrogens with one attached hydrogen (secondary N) is 1. The minimum atomic E-state index is -0.119. The Kier molecular flexibility index (Phi) is 6.24. The van der Waals surface area contributed by atoms with Crippen LogP contribution >= 0.6 is 11.3 Å². The third-order valence-electron chi connectivity index (χ3n) is 5.18. The molecule has 1 aliphatic heterocycles. The van der Waals surface area contributed by atoms with Crippen molar-refractivity contribution >= 4 is 17.2 Å². The first-order chi connectivity index (χ1) is 12.2. The maximum atomic E-state index is 12.5. The number of amides is 1. The quantitative estimate of drug-likeness (QED) is 0.800.